The highest BCUT2D eigenvalue weighted by Crippen LogP contribution is 2.35. The predicted octanol–water partition coefficient (Wildman–Crippen LogP) is 4.12. The number of piperidine rings is 1. The molecule has 3 atom stereocenters. The number of ether oxygens (including phenoxy) is 1. The summed E-state index contributed by atoms with van der Waals surface area (Å²) in [5.74, 6) is -1.58. The van der Waals surface area contributed by atoms with Crippen molar-refractivity contribution in [2.45, 2.75) is 63.6 Å². The van der Waals surface area contributed by atoms with E-state index in [2.05, 4.69) is 17.2 Å². The number of halogens is 1. The number of amides is 1. The van der Waals surface area contributed by atoms with Gasteiger partial charge in [0.1, 0.15) is 12.4 Å². The van der Waals surface area contributed by atoms with Gasteiger partial charge in [-0.1, -0.05) is 44.2 Å². The van der Waals surface area contributed by atoms with Crippen LogP contribution >= 0.6 is 0 Å². The molecule has 1 aliphatic rings. The molecule has 2 aromatic carbocycles. The van der Waals surface area contributed by atoms with Gasteiger partial charge in [-0.3, -0.25) is 9.59 Å². The summed E-state index contributed by atoms with van der Waals surface area (Å²) in [5, 5.41) is 33.9. The molecule has 1 amide bonds. The molecule has 4 rings (SSSR count). The van der Waals surface area contributed by atoms with Crippen molar-refractivity contribution in [3.63, 3.8) is 0 Å². The second-order valence-corrected chi connectivity index (χ2v) is 10.6. The van der Waals surface area contributed by atoms with Crippen molar-refractivity contribution in [3.8, 4) is 11.6 Å². The van der Waals surface area contributed by atoms with Crippen molar-refractivity contribution >= 4 is 11.9 Å². The number of hydrogen-bond acceptors (Lipinski definition) is 6. The number of aliphatic carboxylic acids is 1. The molecule has 1 aliphatic heterocycles. The zero-order valence-electron chi connectivity index (χ0n) is 22.7. The Kier molecular flexibility index (Phi) is 9.54. The zero-order chi connectivity index (χ0) is 28.8. The predicted molar refractivity (Wildman–Crippen MR) is 146 cm³/mol. The third kappa shape index (κ3) is 7.05. The Morgan fingerprint density at radius 2 is 1.77 bits per heavy atom. The number of benzene rings is 2. The highest BCUT2D eigenvalue weighted by Gasteiger charge is 2.33. The van der Waals surface area contributed by atoms with Crippen LogP contribution in [0.3, 0.4) is 0 Å². The second kappa shape index (κ2) is 13.1. The van der Waals surface area contributed by atoms with Gasteiger partial charge in [-0.15, -0.1) is 0 Å². The highest BCUT2D eigenvalue weighted by atomic mass is 19.1. The van der Waals surface area contributed by atoms with E-state index in [1.54, 1.807) is 0 Å². The standard InChI is InChI=1S/C30H36FN3O6/c1-19(2)27-28(29(39)33-14-6-9-21(17-33)20-7-4-3-5-8-20)32-34(23-12-10-22(31)11-13-23)30(27)40-18-25(36)15-24(35)16-26(37)38/h3-5,7-8,10-13,19,21,24-25,35-36H,6,9,14-18H2,1-2H3,(H,37,38)/t21-,24+,25-/m0/s1. The molecule has 0 radical (unpaired) electrons. The van der Waals surface area contributed by atoms with Crippen LogP contribution in [0, 0.1) is 5.82 Å². The summed E-state index contributed by atoms with van der Waals surface area (Å²) < 4.78 is 21.2. The van der Waals surface area contributed by atoms with Crippen LogP contribution in [0.5, 0.6) is 5.88 Å². The van der Waals surface area contributed by atoms with Crippen LogP contribution in [0.1, 0.15) is 73.0 Å². The van der Waals surface area contributed by atoms with Gasteiger partial charge in [0.05, 0.1) is 24.3 Å². The number of nitrogens with zero attached hydrogens (tertiary/aromatic N) is 3. The van der Waals surface area contributed by atoms with Gasteiger partial charge in [-0.05, 0) is 48.6 Å². The van der Waals surface area contributed by atoms with E-state index in [4.69, 9.17) is 9.84 Å². The quantitative estimate of drug-likeness (QED) is 0.326. The largest absolute Gasteiger partial charge is 0.481 e. The number of aliphatic hydroxyl groups excluding tert-OH is 2. The molecule has 0 bridgehead atoms. The lowest BCUT2D eigenvalue weighted by molar-refractivity contribution is -0.139. The van der Waals surface area contributed by atoms with Crippen molar-refractivity contribution in [2.75, 3.05) is 19.7 Å². The first-order chi connectivity index (χ1) is 19.1. The summed E-state index contributed by atoms with van der Waals surface area (Å²) >= 11 is 0. The highest BCUT2D eigenvalue weighted by molar-refractivity contribution is 5.95. The number of carbonyl (C=O) groups excluding carboxylic acids is 1. The lowest BCUT2D eigenvalue weighted by Crippen LogP contribution is -2.39. The average Bonchev–Trinajstić information content (AvgIpc) is 3.32. The van der Waals surface area contributed by atoms with Gasteiger partial charge in [0, 0.05) is 31.0 Å². The van der Waals surface area contributed by atoms with E-state index in [0.717, 1.165) is 12.8 Å². The maximum absolute atomic E-state index is 13.9. The van der Waals surface area contributed by atoms with Crippen molar-refractivity contribution in [1.82, 2.24) is 14.7 Å². The summed E-state index contributed by atoms with van der Waals surface area (Å²) in [6.45, 7) is 4.70. The molecule has 1 fully saturated rings. The number of carboxylic acids is 1. The molecular formula is C30H36FN3O6. The van der Waals surface area contributed by atoms with Gasteiger partial charge >= 0.3 is 5.97 Å². The smallest absolute Gasteiger partial charge is 0.305 e. The Balaban J connectivity index is 1.65. The third-order valence-electron chi connectivity index (χ3n) is 7.08. The molecule has 1 aromatic heterocycles. The van der Waals surface area contributed by atoms with Crippen molar-refractivity contribution in [3.05, 3.63) is 77.2 Å². The van der Waals surface area contributed by atoms with E-state index < -0.39 is 30.4 Å². The first kappa shape index (κ1) is 29.2. The molecule has 3 N–H and O–H groups in total. The number of rotatable bonds is 11. The molecule has 1 saturated heterocycles. The molecule has 10 heteroatoms. The van der Waals surface area contributed by atoms with E-state index in [1.807, 2.05) is 36.9 Å². The zero-order valence-corrected chi connectivity index (χ0v) is 22.7. The van der Waals surface area contributed by atoms with E-state index in [9.17, 15) is 24.2 Å². The Morgan fingerprint density at radius 3 is 2.42 bits per heavy atom. The van der Waals surface area contributed by atoms with Gasteiger partial charge < -0.3 is 25.0 Å². The van der Waals surface area contributed by atoms with Crippen LogP contribution in [-0.4, -0.2) is 73.8 Å². The number of hydrogen-bond donors (Lipinski definition) is 3. The summed E-state index contributed by atoms with van der Waals surface area (Å²) in [6, 6.07) is 15.7. The fourth-order valence-corrected chi connectivity index (χ4v) is 5.14. The third-order valence-corrected chi connectivity index (χ3v) is 7.08. The van der Waals surface area contributed by atoms with Gasteiger partial charge in [-0.2, -0.15) is 5.10 Å². The molecular weight excluding hydrogens is 517 g/mol. The molecule has 0 unspecified atom stereocenters. The average molecular weight is 554 g/mol. The first-order valence-corrected chi connectivity index (χ1v) is 13.6. The summed E-state index contributed by atoms with van der Waals surface area (Å²) in [4.78, 5) is 26.6. The van der Waals surface area contributed by atoms with Crippen LogP contribution in [0.15, 0.2) is 54.6 Å². The SMILES string of the molecule is CC(C)c1c(C(=O)N2CCC[C@H](c3ccccc3)C2)nn(-c2ccc(F)cc2)c1OC[C@@H](O)C[C@@H](O)CC(=O)O. The van der Waals surface area contributed by atoms with E-state index >= 15 is 0 Å². The molecule has 0 saturated carbocycles. The topological polar surface area (TPSA) is 125 Å². The van der Waals surface area contributed by atoms with Crippen LogP contribution in [0.25, 0.3) is 5.69 Å². The van der Waals surface area contributed by atoms with E-state index in [0.29, 0.717) is 24.3 Å². The molecule has 3 aromatic rings. The molecule has 9 nitrogen and oxygen atoms in total. The first-order valence-electron chi connectivity index (χ1n) is 13.6. The van der Waals surface area contributed by atoms with E-state index in [-0.39, 0.29) is 42.3 Å². The van der Waals surface area contributed by atoms with Crippen LogP contribution in [-0.2, 0) is 4.79 Å². The summed E-state index contributed by atoms with van der Waals surface area (Å²) in [7, 11) is 0. The van der Waals surface area contributed by atoms with Crippen molar-refractivity contribution in [2.24, 2.45) is 0 Å². The Labute approximate surface area is 232 Å². The van der Waals surface area contributed by atoms with Gasteiger partial charge in [-0.25, -0.2) is 9.07 Å². The lowest BCUT2D eigenvalue weighted by Gasteiger charge is -2.33. The van der Waals surface area contributed by atoms with Crippen LogP contribution in [0.2, 0.25) is 0 Å². The maximum Gasteiger partial charge on any atom is 0.305 e. The minimum atomic E-state index is -1.24. The molecule has 40 heavy (non-hydrogen) atoms. The molecule has 2 heterocycles. The Morgan fingerprint density at radius 1 is 1.07 bits per heavy atom. The Bertz CT molecular complexity index is 1290. The minimum Gasteiger partial charge on any atom is -0.481 e. The fourth-order valence-electron chi connectivity index (χ4n) is 5.14. The number of aromatic nitrogens is 2. The fraction of sp³-hybridized carbons (Fsp3) is 0.433. The minimum absolute atomic E-state index is 0.187. The summed E-state index contributed by atoms with van der Waals surface area (Å²) in [6.07, 6.45) is -1.27. The summed E-state index contributed by atoms with van der Waals surface area (Å²) in [5.41, 5.74) is 2.43. The molecule has 214 valence electrons. The second-order valence-electron chi connectivity index (χ2n) is 10.6. The number of carbonyl (C=O) groups is 2. The lowest BCUT2D eigenvalue weighted by atomic mass is 9.90. The Hall–Kier alpha value is -3.76. The van der Waals surface area contributed by atoms with Crippen molar-refractivity contribution in [1.29, 1.82) is 0 Å². The normalized spacial score (nSPS) is 17.1. The number of aliphatic hydroxyl groups is 2. The van der Waals surface area contributed by atoms with Crippen LogP contribution < -0.4 is 4.74 Å². The molecule has 0 spiro atoms. The number of carboxylic acid groups (broad SMARTS) is 1. The number of likely N-dealkylation sites (tertiary alicyclic amines) is 1. The monoisotopic (exact) mass is 553 g/mol. The van der Waals surface area contributed by atoms with Gasteiger partial charge in [0.15, 0.2) is 5.69 Å². The van der Waals surface area contributed by atoms with Gasteiger partial charge in [0.25, 0.3) is 5.91 Å². The molecule has 0 aliphatic carbocycles. The van der Waals surface area contributed by atoms with Crippen molar-refractivity contribution < 1.29 is 34.0 Å². The maximum atomic E-state index is 13.9. The van der Waals surface area contributed by atoms with Gasteiger partial charge in [0.2, 0.25) is 5.88 Å². The van der Waals surface area contributed by atoms with Crippen LogP contribution in [0.4, 0.5) is 4.39 Å². The van der Waals surface area contributed by atoms with E-state index in [1.165, 1.54) is 34.5 Å².